The number of benzene rings is 5. The molecule has 3 aromatic heterocycles. The first-order chi connectivity index (χ1) is 28.6. The number of para-hydroxylation sites is 1. The Kier molecular flexibility index (Phi) is 7.18. The fraction of sp³-hybridized carbons (Fsp3) is 0.240. The Bertz CT molecular complexity index is 2980. The Labute approximate surface area is 333 Å². The van der Waals surface area contributed by atoms with Gasteiger partial charge in [-0.15, -0.1) is 0 Å². The molecular formula is C50H50N4O. The van der Waals surface area contributed by atoms with Crippen LogP contribution >= 0.6 is 0 Å². The molecule has 0 bridgehead atoms. The summed E-state index contributed by atoms with van der Waals surface area (Å²) in [5.74, 6) is 1.86. The van der Waals surface area contributed by atoms with Crippen LogP contribution in [-0.4, -0.2) is 19.3 Å². The summed E-state index contributed by atoms with van der Waals surface area (Å²) in [6, 6.07) is 33.4. The average Bonchev–Trinajstić information content (AvgIpc) is 3.79. The van der Waals surface area contributed by atoms with Gasteiger partial charge < -0.3 is 4.74 Å². The van der Waals surface area contributed by atoms with E-state index < -0.39 is 13.7 Å². The Hall–Kier alpha value is -5.94. The highest BCUT2D eigenvalue weighted by Gasteiger charge is 2.20. The number of fused-ring (bicyclic) bond motifs is 3. The number of hydrogen-bond acceptors (Lipinski definition) is 3. The summed E-state index contributed by atoms with van der Waals surface area (Å²) in [6.45, 7) is 11.8. The molecule has 0 N–H and O–H groups in total. The third-order valence-corrected chi connectivity index (χ3v) is 10.5. The third kappa shape index (κ3) is 6.73. The molecule has 8 aromatic rings. The van der Waals surface area contributed by atoms with Gasteiger partial charge in [-0.3, -0.25) is 4.57 Å². The smallest absolute Gasteiger partial charge is 0.138 e. The van der Waals surface area contributed by atoms with Crippen LogP contribution in [0.15, 0.2) is 122 Å². The van der Waals surface area contributed by atoms with Crippen molar-refractivity contribution in [3.05, 3.63) is 155 Å². The van der Waals surface area contributed by atoms with E-state index in [1.54, 1.807) is 17.1 Å². The fourth-order valence-electron chi connectivity index (χ4n) is 7.58. The van der Waals surface area contributed by atoms with Crippen molar-refractivity contribution >= 4 is 21.8 Å². The first-order valence-corrected chi connectivity index (χ1v) is 18.7. The van der Waals surface area contributed by atoms with E-state index >= 15 is 0 Å². The lowest BCUT2D eigenvalue weighted by molar-refractivity contribution is 0.483. The van der Waals surface area contributed by atoms with Crippen LogP contribution in [0, 0.1) is 27.6 Å². The van der Waals surface area contributed by atoms with Crippen molar-refractivity contribution in [3.8, 4) is 45.3 Å². The Morgan fingerprint density at radius 3 is 1.93 bits per heavy atom. The molecule has 5 nitrogen and oxygen atoms in total. The normalized spacial score (nSPS) is 14.3. The van der Waals surface area contributed by atoms with Gasteiger partial charge in [0.15, 0.2) is 0 Å². The molecule has 276 valence electrons. The molecule has 0 aliphatic rings. The largest absolute Gasteiger partial charge is 0.457 e. The van der Waals surface area contributed by atoms with Crippen LogP contribution in [0.3, 0.4) is 0 Å². The van der Waals surface area contributed by atoms with E-state index in [0.29, 0.717) is 39.6 Å². The minimum Gasteiger partial charge on any atom is -0.457 e. The second-order valence-electron chi connectivity index (χ2n) is 16.6. The topological polar surface area (TPSA) is 44.9 Å². The molecule has 0 radical (unpaired) electrons. The van der Waals surface area contributed by atoms with Crippen molar-refractivity contribution in [2.24, 2.45) is 0 Å². The van der Waals surface area contributed by atoms with Gasteiger partial charge in [0.05, 0.1) is 22.9 Å². The highest BCUT2D eigenvalue weighted by Crippen LogP contribution is 2.38. The van der Waals surface area contributed by atoms with Crippen LogP contribution in [0.4, 0.5) is 0 Å². The maximum absolute atomic E-state index is 8.52. The van der Waals surface area contributed by atoms with Gasteiger partial charge in [0.25, 0.3) is 0 Å². The van der Waals surface area contributed by atoms with Gasteiger partial charge >= 0.3 is 0 Å². The van der Waals surface area contributed by atoms with Crippen molar-refractivity contribution in [2.45, 2.75) is 79.9 Å². The van der Waals surface area contributed by atoms with Crippen LogP contribution in [0.25, 0.3) is 55.6 Å². The minimum atomic E-state index is -2.32. The average molecular weight is 729 g/mol. The van der Waals surface area contributed by atoms with Crippen LogP contribution in [-0.2, 0) is 10.8 Å². The first-order valence-electron chi connectivity index (χ1n) is 21.7. The summed E-state index contributed by atoms with van der Waals surface area (Å²) in [4.78, 5) is 4.85. The molecule has 5 aromatic carbocycles. The van der Waals surface area contributed by atoms with E-state index in [0.717, 1.165) is 60.9 Å². The maximum atomic E-state index is 8.52. The lowest BCUT2D eigenvalue weighted by Crippen LogP contribution is -2.12. The molecular weight excluding hydrogens is 673 g/mol. The Balaban J connectivity index is 1.17. The molecule has 5 heteroatoms. The third-order valence-electron chi connectivity index (χ3n) is 10.5. The second-order valence-corrected chi connectivity index (χ2v) is 16.6. The predicted octanol–water partition coefficient (Wildman–Crippen LogP) is 13.3. The van der Waals surface area contributed by atoms with E-state index in [-0.39, 0.29) is 10.8 Å². The predicted molar refractivity (Wildman–Crippen MR) is 229 cm³/mol. The zero-order valence-electron chi connectivity index (χ0n) is 38.7. The number of ether oxygens (including phenoxy) is 1. The van der Waals surface area contributed by atoms with Crippen molar-refractivity contribution in [2.75, 3.05) is 0 Å². The SMILES string of the molecule is [2H]C([2H])([2H])c1cc(C(C)(C)C)cc(C)c1-c1ccnc(-n2c3ccccc3c3ccc(Oc4cccc(-n5cc(-c6c(C)cc(C(C)(C)C)cc6C([2H])([2H])[2H])cn5)c4)cc32)c1. The van der Waals surface area contributed by atoms with E-state index in [2.05, 4.69) is 81.5 Å². The number of nitrogens with zero attached hydrogens (tertiary/aromatic N) is 4. The standard InChI is InChI=1S/C50H50N4O/c1-31-22-37(49(5,6)7)23-32(2)47(31)35-20-21-51-46(26-35)54-44-17-12-11-16-42(44)43-19-18-41(28-45(43)54)55-40-15-13-14-39(27-40)53-30-36(29-52-53)48-33(3)24-38(25-34(48)4)50(8,9)10/h11-30H,1-10H3/i1D3,3D3. The molecule has 0 atom stereocenters. The van der Waals surface area contributed by atoms with Crippen LogP contribution in [0.1, 0.15) is 83.1 Å². The van der Waals surface area contributed by atoms with Gasteiger partial charge in [-0.05, 0) is 131 Å². The zero-order valence-corrected chi connectivity index (χ0v) is 32.7. The molecule has 0 aliphatic carbocycles. The van der Waals surface area contributed by atoms with Gasteiger partial charge in [0, 0.05) is 49.1 Å². The molecule has 3 heterocycles. The fourth-order valence-corrected chi connectivity index (χ4v) is 7.58. The van der Waals surface area contributed by atoms with Gasteiger partial charge in [0.2, 0.25) is 0 Å². The lowest BCUT2D eigenvalue weighted by Gasteiger charge is -2.22. The lowest BCUT2D eigenvalue weighted by atomic mass is 9.83. The molecule has 0 fully saturated rings. The highest BCUT2D eigenvalue weighted by atomic mass is 16.5. The second kappa shape index (κ2) is 13.4. The van der Waals surface area contributed by atoms with Crippen LogP contribution < -0.4 is 4.74 Å². The quantitative estimate of drug-likeness (QED) is 0.171. The first kappa shape index (κ1) is 29.4. The van der Waals surface area contributed by atoms with Crippen molar-refractivity contribution in [1.29, 1.82) is 0 Å². The monoisotopic (exact) mass is 728 g/mol. The number of hydrogen-bond donors (Lipinski definition) is 0. The zero-order chi connectivity index (χ0) is 43.8. The molecule has 0 amide bonds. The molecule has 8 rings (SSSR count). The number of aromatic nitrogens is 4. The summed E-state index contributed by atoms with van der Waals surface area (Å²) in [6.07, 6.45) is 5.31. The van der Waals surface area contributed by atoms with Gasteiger partial charge in [-0.1, -0.05) is 90.1 Å². The summed E-state index contributed by atoms with van der Waals surface area (Å²) < 4.78 is 61.1. The van der Waals surface area contributed by atoms with Gasteiger partial charge in [0.1, 0.15) is 17.3 Å². The van der Waals surface area contributed by atoms with E-state index in [9.17, 15) is 0 Å². The molecule has 0 saturated carbocycles. The molecule has 0 spiro atoms. The molecule has 55 heavy (non-hydrogen) atoms. The van der Waals surface area contributed by atoms with Gasteiger partial charge in [-0.25, -0.2) is 9.67 Å². The maximum Gasteiger partial charge on any atom is 0.138 e. The Morgan fingerprint density at radius 1 is 0.600 bits per heavy atom. The molecule has 0 saturated heterocycles. The number of rotatable bonds is 6. The summed E-state index contributed by atoms with van der Waals surface area (Å²) >= 11 is 0. The van der Waals surface area contributed by atoms with Crippen LogP contribution in [0.5, 0.6) is 11.5 Å². The summed E-state index contributed by atoms with van der Waals surface area (Å²) in [5, 5.41) is 6.73. The summed E-state index contributed by atoms with van der Waals surface area (Å²) in [7, 11) is 0. The minimum absolute atomic E-state index is 0.205. The van der Waals surface area contributed by atoms with E-state index in [4.69, 9.17) is 17.9 Å². The summed E-state index contributed by atoms with van der Waals surface area (Å²) in [5.41, 5.74) is 9.39. The van der Waals surface area contributed by atoms with E-state index in [1.807, 2.05) is 92.8 Å². The Morgan fingerprint density at radius 2 is 1.24 bits per heavy atom. The molecule has 0 aliphatic heterocycles. The number of pyridine rings is 1. The van der Waals surface area contributed by atoms with E-state index in [1.165, 1.54) is 0 Å². The van der Waals surface area contributed by atoms with Crippen molar-refractivity contribution in [1.82, 2.24) is 19.3 Å². The highest BCUT2D eigenvalue weighted by molar-refractivity contribution is 6.09. The van der Waals surface area contributed by atoms with Crippen LogP contribution in [0.2, 0.25) is 0 Å². The van der Waals surface area contributed by atoms with Gasteiger partial charge in [-0.2, -0.15) is 5.10 Å². The molecule has 0 unspecified atom stereocenters. The van der Waals surface area contributed by atoms with Crippen molar-refractivity contribution in [3.63, 3.8) is 0 Å². The number of aryl methyl sites for hydroxylation is 4. The van der Waals surface area contributed by atoms with Crippen molar-refractivity contribution < 1.29 is 13.0 Å².